The molecule has 12 aromatic rings. The summed E-state index contributed by atoms with van der Waals surface area (Å²) in [5.74, 6) is 0.869. The van der Waals surface area contributed by atoms with E-state index in [0.717, 1.165) is 44.5 Å². The number of benzene rings is 11. The van der Waals surface area contributed by atoms with Gasteiger partial charge in [0.2, 0.25) is 0 Å². The van der Waals surface area contributed by atoms with Gasteiger partial charge in [0.15, 0.2) is 0 Å². The van der Waals surface area contributed by atoms with Gasteiger partial charge in [0.05, 0.1) is 0 Å². The molecule has 0 N–H and O–H groups in total. The Hall–Kier alpha value is -7.74. The maximum absolute atomic E-state index is 7.48. The molecule has 1 heterocycles. The molecule has 12 rings (SSSR count). The molecule has 0 aliphatic rings. The van der Waals surface area contributed by atoms with Crippen LogP contribution >= 0.6 is 0 Å². The predicted molar refractivity (Wildman–Crippen MR) is 251 cm³/mol. The van der Waals surface area contributed by atoms with Gasteiger partial charge in [0.1, 0.15) is 11.3 Å². The molecule has 0 saturated carbocycles. The Labute approximate surface area is 342 Å². The van der Waals surface area contributed by atoms with Crippen molar-refractivity contribution in [3.8, 4) is 55.8 Å². The summed E-state index contributed by atoms with van der Waals surface area (Å²) in [5, 5.41) is 13.2. The lowest BCUT2D eigenvalue weighted by Crippen LogP contribution is -1.91. The third kappa shape index (κ3) is 5.55. The second-order valence-electron chi connectivity index (χ2n) is 15.6. The van der Waals surface area contributed by atoms with Gasteiger partial charge in [-0.2, -0.15) is 0 Å². The molecule has 1 aromatic heterocycles. The third-order valence-electron chi connectivity index (χ3n) is 12.2. The average Bonchev–Trinajstić information content (AvgIpc) is 3.71. The van der Waals surface area contributed by atoms with Crippen molar-refractivity contribution in [2.75, 3.05) is 0 Å². The number of fused-ring (bicyclic) bond motifs is 7. The zero-order chi connectivity index (χ0) is 38.9. The van der Waals surface area contributed by atoms with Crippen LogP contribution in [0.3, 0.4) is 0 Å². The predicted octanol–water partition coefficient (Wildman–Crippen LogP) is 16.5. The minimum Gasteiger partial charge on any atom is -0.455 e. The highest BCUT2D eigenvalue weighted by Crippen LogP contribution is 2.52. The minimum absolute atomic E-state index is 0.869. The molecule has 1 nitrogen and oxygen atoms in total. The molecule has 0 fully saturated rings. The third-order valence-corrected chi connectivity index (χ3v) is 12.2. The second-order valence-corrected chi connectivity index (χ2v) is 15.6. The Kier molecular flexibility index (Phi) is 7.61. The molecule has 274 valence electrons. The first-order chi connectivity index (χ1) is 29.2. The van der Waals surface area contributed by atoms with Crippen molar-refractivity contribution in [2.24, 2.45) is 0 Å². The van der Waals surface area contributed by atoms with Crippen molar-refractivity contribution in [1.29, 1.82) is 0 Å². The first-order valence-electron chi connectivity index (χ1n) is 20.3. The largest absolute Gasteiger partial charge is 0.455 e. The van der Waals surface area contributed by atoms with E-state index in [1.807, 2.05) is 0 Å². The van der Waals surface area contributed by atoms with Crippen LogP contribution in [0.15, 0.2) is 223 Å². The summed E-state index contributed by atoms with van der Waals surface area (Å²) < 4.78 is 7.48. The smallest absolute Gasteiger partial charge is 0.144 e. The molecular formula is C58H36O. The van der Waals surface area contributed by atoms with Gasteiger partial charge in [-0.25, -0.2) is 0 Å². The zero-order valence-corrected chi connectivity index (χ0v) is 32.2. The Morgan fingerprint density at radius 3 is 1.20 bits per heavy atom. The Bertz CT molecular complexity index is 3610. The second kappa shape index (κ2) is 13.4. The van der Waals surface area contributed by atoms with Crippen LogP contribution in [0.5, 0.6) is 0 Å². The van der Waals surface area contributed by atoms with Crippen LogP contribution in [0, 0.1) is 0 Å². The van der Waals surface area contributed by atoms with Gasteiger partial charge in [0, 0.05) is 27.6 Å². The molecule has 0 amide bonds. The molecule has 0 spiro atoms. The summed E-state index contributed by atoms with van der Waals surface area (Å²) in [6.45, 7) is 0. The Morgan fingerprint density at radius 2 is 0.627 bits per heavy atom. The van der Waals surface area contributed by atoms with Crippen LogP contribution in [0.25, 0.3) is 121 Å². The fourth-order valence-electron chi connectivity index (χ4n) is 9.32. The average molecular weight is 749 g/mol. The normalized spacial score (nSPS) is 11.7. The van der Waals surface area contributed by atoms with E-state index >= 15 is 0 Å². The van der Waals surface area contributed by atoms with E-state index in [0.29, 0.717) is 0 Å². The zero-order valence-electron chi connectivity index (χ0n) is 32.2. The fourth-order valence-corrected chi connectivity index (χ4v) is 9.32. The van der Waals surface area contributed by atoms with Crippen LogP contribution in [-0.4, -0.2) is 0 Å². The molecular weight excluding hydrogens is 713 g/mol. The molecule has 11 aromatic carbocycles. The Morgan fingerprint density at radius 1 is 0.237 bits per heavy atom. The maximum Gasteiger partial charge on any atom is 0.144 e. The fraction of sp³-hybridized carbons (Fsp3) is 0. The van der Waals surface area contributed by atoms with Gasteiger partial charge >= 0.3 is 0 Å². The van der Waals surface area contributed by atoms with Crippen LogP contribution < -0.4 is 0 Å². The maximum atomic E-state index is 7.48. The van der Waals surface area contributed by atoms with Crippen molar-refractivity contribution in [2.45, 2.75) is 0 Å². The van der Waals surface area contributed by atoms with Gasteiger partial charge < -0.3 is 4.42 Å². The van der Waals surface area contributed by atoms with E-state index in [-0.39, 0.29) is 0 Å². The number of hydrogen-bond acceptors (Lipinski definition) is 1. The Balaban J connectivity index is 1.15. The molecule has 0 bridgehead atoms. The van der Waals surface area contributed by atoms with Crippen molar-refractivity contribution in [1.82, 2.24) is 0 Å². The first kappa shape index (κ1) is 33.4. The van der Waals surface area contributed by atoms with E-state index in [4.69, 9.17) is 4.42 Å². The summed E-state index contributed by atoms with van der Waals surface area (Å²) in [4.78, 5) is 0. The minimum atomic E-state index is 0.869. The van der Waals surface area contributed by atoms with Gasteiger partial charge in [-0.1, -0.05) is 188 Å². The number of rotatable bonds is 5. The lowest BCUT2D eigenvalue weighted by atomic mass is 9.85. The SMILES string of the molecule is c1ccc(-c2c(-c3ccc4ccccc4c3)c3ccccc3c3c(-c4ccc5ccccc5c4)c(-c4ccc5cc(-c6ccc7ccccc7c6)ccc5c4)oc23)cc1. The van der Waals surface area contributed by atoms with Gasteiger partial charge in [-0.15, -0.1) is 0 Å². The lowest BCUT2D eigenvalue weighted by Gasteiger charge is -2.17. The highest BCUT2D eigenvalue weighted by atomic mass is 16.3. The summed E-state index contributed by atoms with van der Waals surface area (Å²) in [6, 6.07) is 79.5. The van der Waals surface area contributed by atoms with Crippen molar-refractivity contribution >= 4 is 64.8 Å². The molecule has 0 aliphatic carbocycles. The molecule has 59 heavy (non-hydrogen) atoms. The van der Waals surface area contributed by atoms with Crippen molar-refractivity contribution in [3.05, 3.63) is 218 Å². The van der Waals surface area contributed by atoms with E-state index in [9.17, 15) is 0 Å². The van der Waals surface area contributed by atoms with Crippen molar-refractivity contribution in [3.63, 3.8) is 0 Å². The lowest BCUT2D eigenvalue weighted by molar-refractivity contribution is 0.634. The molecule has 0 aliphatic heterocycles. The molecule has 0 radical (unpaired) electrons. The molecule has 0 saturated heterocycles. The molecule has 0 unspecified atom stereocenters. The van der Waals surface area contributed by atoms with Crippen molar-refractivity contribution < 1.29 is 4.42 Å². The topological polar surface area (TPSA) is 13.1 Å². The highest BCUT2D eigenvalue weighted by molar-refractivity contribution is 6.26. The monoisotopic (exact) mass is 748 g/mol. The van der Waals surface area contributed by atoms with E-state index in [1.54, 1.807) is 0 Å². The van der Waals surface area contributed by atoms with Gasteiger partial charge in [-0.05, 0) is 112 Å². The summed E-state index contributed by atoms with van der Waals surface area (Å²) in [6.07, 6.45) is 0. The van der Waals surface area contributed by atoms with Gasteiger partial charge in [-0.3, -0.25) is 0 Å². The highest BCUT2D eigenvalue weighted by Gasteiger charge is 2.27. The quantitative estimate of drug-likeness (QED) is 0.171. The van der Waals surface area contributed by atoms with E-state index < -0.39 is 0 Å². The van der Waals surface area contributed by atoms with Gasteiger partial charge in [0.25, 0.3) is 0 Å². The molecule has 0 atom stereocenters. The number of hydrogen-bond donors (Lipinski definition) is 0. The summed E-state index contributed by atoms with van der Waals surface area (Å²) in [7, 11) is 0. The number of furan rings is 1. The van der Waals surface area contributed by atoms with Crippen LogP contribution in [0.4, 0.5) is 0 Å². The molecule has 1 heteroatoms. The first-order valence-corrected chi connectivity index (χ1v) is 20.3. The van der Waals surface area contributed by atoms with E-state index in [2.05, 4.69) is 218 Å². The summed E-state index contributed by atoms with van der Waals surface area (Å²) >= 11 is 0. The van der Waals surface area contributed by atoms with Crippen LogP contribution in [0.1, 0.15) is 0 Å². The van der Waals surface area contributed by atoms with Crippen LogP contribution in [-0.2, 0) is 0 Å². The summed E-state index contributed by atoms with van der Waals surface area (Å²) in [5.41, 5.74) is 11.2. The standard InChI is InChI=1S/C58H36O/c1-2-15-40(16-3-1)54-53(48-29-23-38-13-5-8-18-42(38)34-48)51-20-10-11-21-52(51)56-55(49-30-24-39-14-6-9-19-43(39)35-49)57(59-58(54)56)50-31-28-46-33-45(26-27-47(46)36-50)44-25-22-37-12-4-7-17-41(37)32-44/h1-36H. The van der Waals surface area contributed by atoms with E-state index in [1.165, 1.54) is 76.1 Å². The van der Waals surface area contributed by atoms with Crippen LogP contribution in [0.2, 0.25) is 0 Å².